The third-order valence-corrected chi connectivity index (χ3v) is 4.63. The molecule has 144 valence electrons. The molecule has 1 fully saturated rings. The van der Waals surface area contributed by atoms with Gasteiger partial charge in [-0.15, -0.1) is 0 Å². The van der Waals surface area contributed by atoms with E-state index in [0.717, 1.165) is 5.56 Å². The van der Waals surface area contributed by atoms with E-state index in [2.05, 4.69) is 10.3 Å². The Morgan fingerprint density at radius 2 is 2.11 bits per heavy atom. The molecule has 0 saturated carbocycles. The number of furan rings is 1. The number of nitrogens with one attached hydrogen (secondary N) is 1. The Bertz CT molecular complexity index is 928. The van der Waals surface area contributed by atoms with E-state index in [1.807, 2.05) is 6.07 Å². The fraction of sp³-hybridized carbons (Fsp3) is 0.238. The van der Waals surface area contributed by atoms with Gasteiger partial charge in [0.25, 0.3) is 5.91 Å². The van der Waals surface area contributed by atoms with Crippen LogP contribution in [0.15, 0.2) is 65.3 Å². The molecule has 1 amide bonds. The first-order chi connectivity index (χ1) is 13.7. The van der Waals surface area contributed by atoms with Gasteiger partial charge in [-0.3, -0.25) is 9.78 Å². The quantitative estimate of drug-likeness (QED) is 0.736. The minimum atomic E-state index is -0.316. The second-order valence-corrected chi connectivity index (χ2v) is 6.53. The molecule has 4 rings (SSSR count). The number of carbonyl (C=O) groups is 1. The van der Waals surface area contributed by atoms with Gasteiger partial charge in [0.15, 0.2) is 5.76 Å². The van der Waals surface area contributed by atoms with Crippen LogP contribution in [0.5, 0.6) is 5.75 Å². The van der Waals surface area contributed by atoms with Crippen LogP contribution >= 0.6 is 0 Å². The number of amides is 1. The van der Waals surface area contributed by atoms with Gasteiger partial charge in [0.1, 0.15) is 23.9 Å². The fourth-order valence-electron chi connectivity index (χ4n) is 3.17. The molecule has 1 aliphatic heterocycles. The van der Waals surface area contributed by atoms with E-state index >= 15 is 0 Å². The standard InChI is InChI=1S/C21H20FN3O3/c22-16-5-3-15(4-6-16)19-7-8-20(28-19)21(26)25-11-10-24-12-17(25)14-27-18-2-1-9-23-13-18/h1-9,13,17,24H,10-12,14H2. The van der Waals surface area contributed by atoms with Gasteiger partial charge in [-0.05, 0) is 48.5 Å². The zero-order chi connectivity index (χ0) is 19.3. The predicted octanol–water partition coefficient (Wildman–Crippen LogP) is 2.97. The van der Waals surface area contributed by atoms with Crippen LogP contribution in [0.4, 0.5) is 4.39 Å². The van der Waals surface area contributed by atoms with Gasteiger partial charge in [-0.2, -0.15) is 0 Å². The van der Waals surface area contributed by atoms with E-state index in [4.69, 9.17) is 9.15 Å². The van der Waals surface area contributed by atoms with Gasteiger partial charge in [0.05, 0.1) is 12.2 Å². The molecule has 28 heavy (non-hydrogen) atoms. The van der Waals surface area contributed by atoms with Crippen molar-refractivity contribution < 1.29 is 18.3 Å². The summed E-state index contributed by atoms with van der Waals surface area (Å²) < 4.78 is 24.6. The van der Waals surface area contributed by atoms with Gasteiger partial charge in [0.2, 0.25) is 0 Å². The summed E-state index contributed by atoms with van der Waals surface area (Å²) in [6.45, 7) is 2.26. The molecule has 3 heterocycles. The topological polar surface area (TPSA) is 67.6 Å². The molecule has 0 spiro atoms. The number of nitrogens with zero attached hydrogens (tertiary/aromatic N) is 2. The fourth-order valence-corrected chi connectivity index (χ4v) is 3.17. The molecule has 1 aromatic carbocycles. The van der Waals surface area contributed by atoms with Gasteiger partial charge in [-0.1, -0.05) is 0 Å². The van der Waals surface area contributed by atoms with Crippen molar-refractivity contribution in [3.8, 4) is 17.1 Å². The first-order valence-electron chi connectivity index (χ1n) is 9.11. The number of hydrogen-bond acceptors (Lipinski definition) is 5. The van der Waals surface area contributed by atoms with Crippen molar-refractivity contribution in [2.24, 2.45) is 0 Å². The molecule has 1 unspecified atom stereocenters. The highest BCUT2D eigenvalue weighted by atomic mass is 19.1. The number of ether oxygens (including phenoxy) is 1. The van der Waals surface area contributed by atoms with Crippen molar-refractivity contribution in [2.45, 2.75) is 6.04 Å². The summed E-state index contributed by atoms with van der Waals surface area (Å²) in [4.78, 5) is 18.8. The first kappa shape index (κ1) is 18.2. The molecule has 2 aromatic heterocycles. The summed E-state index contributed by atoms with van der Waals surface area (Å²) in [5.41, 5.74) is 0.720. The Kier molecular flexibility index (Phi) is 5.34. The van der Waals surface area contributed by atoms with Crippen LogP contribution in [0.25, 0.3) is 11.3 Å². The van der Waals surface area contributed by atoms with Crippen molar-refractivity contribution in [1.82, 2.24) is 15.2 Å². The van der Waals surface area contributed by atoms with E-state index in [9.17, 15) is 9.18 Å². The molecule has 1 saturated heterocycles. The molecule has 1 atom stereocenters. The maximum Gasteiger partial charge on any atom is 0.290 e. The average molecular weight is 381 g/mol. The van der Waals surface area contributed by atoms with Crippen LogP contribution < -0.4 is 10.1 Å². The van der Waals surface area contributed by atoms with Gasteiger partial charge in [0, 0.05) is 31.4 Å². The van der Waals surface area contributed by atoms with E-state index in [1.54, 1.807) is 47.6 Å². The first-order valence-corrected chi connectivity index (χ1v) is 9.11. The number of halogens is 1. The summed E-state index contributed by atoms with van der Waals surface area (Å²) >= 11 is 0. The van der Waals surface area contributed by atoms with Crippen LogP contribution in [0.3, 0.4) is 0 Å². The van der Waals surface area contributed by atoms with E-state index in [0.29, 0.717) is 37.8 Å². The molecule has 6 nitrogen and oxygen atoms in total. The van der Waals surface area contributed by atoms with Gasteiger partial charge in [-0.25, -0.2) is 4.39 Å². The molecule has 1 aliphatic rings. The maximum atomic E-state index is 13.1. The minimum absolute atomic E-state index is 0.124. The monoisotopic (exact) mass is 381 g/mol. The van der Waals surface area contributed by atoms with E-state index in [1.165, 1.54) is 12.1 Å². The highest BCUT2D eigenvalue weighted by molar-refractivity contribution is 5.92. The normalized spacial score (nSPS) is 16.8. The third-order valence-electron chi connectivity index (χ3n) is 4.63. The summed E-state index contributed by atoms with van der Waals surface area (Å²) in [6.07, 6.45) is 3.32. The van der Waals surface area contributed by atoms with Crippen LogP contribution in [-0.2, 0) is 0 Å². The highest BCUT2D eigenvalue weighted by Gasteiger charge is 2.29. The second kappa shape index (κ2) is 8.22. The second-order valence-electron chi connectivity index (χ2n) is 6.53. The molecular formula is C21H20FN3O3. The minimum Gasteiger partial charge on any atom is -0.490 e. The largest absolute Gasteiger partial charge is 0.490 e. The summed E-state index contributed by atoms with van der Waals surface area (Å²) in [5.74, 6) is 0.949. The third kappa shape index (κ3) is 4.04. The Hall–Kier alpha value is -3.19. The molecule has 0 bridgehead atoms. The molecule has 7 heteroatoms. The highest BCUT2D eigenvalue weighted by Crippen LogP contribution is 2.24. The van der Waals surface area contributed by atoms with Gasteiger partial charge >= 0.3 is 0 Å². The lowest BCUT2D eigenvalue weighted by Crippen LogP contribution is -2.55. The lowest BCUT2D eigenvalue weighted by Gasteiger charge is -2.35. The number of hydrogen-bond donors (Lipinski definition) is 1. The number of benzene rings is 1. The SMILES string of the molecule is O=C(c1ccc(-c2ccc(F)cc2)o1)N1CCNCC1COc1cccnc1. The molecule has 0 aliphatic carbocycles. The Morgan fingerprint density at radius 1 is 1.25 bits per heavy atom. The molecule has 3 aromatic rings. The zero-order valence-electron chi connectivity index (χ0n) is 15.2. The Labute approximate surface area is 161 Å². The van der Waals surface area contributed by atoms with Crippen molar-refractivity contribution in [1.29, 1.82) is 0 Å². The summed E-state index contributed by atoms with van der Waals surface area (Å²) in [5, 5.41) is 3.29. The number of rotatable bonds is 5. The van der Waals surface area contributed by atoms with Crippen LogP contribution in [0, 0.1) is 5.82 Å². The number of aromatic nitrogens is 1. The number of pyridine rings is 1. The van der Waals surface area contributed by atoms with E-state index < -0.39 is 0 Å². The smallest absolute Gasteiger partial charge is 0.290 e. The van der Waals surface area contributed by atoms with Gasteiger partial charge < -0.3 is 19.4 Å². The van der Waals surface area contributed by atoms with Crippen LogP contribution in [0.2, 0.25) is 0 Å². The maximum absolute atomic E-state index is 13.1. The Morgan fingerprint density at radius 3 is 2.89 bits per heavy atom. The number of piperazine rings is 1. The summed E-state index contributed by atoms with van der Waals surface area (Å²) in [6, 6.07) is 12.9. The molecule has 1 N–H and O–H groups in total. The van der Waals surface area contributed by atoms with Crippen molar-refractivity contribution in [2.75, 3.05) is 26.2 Å². The average Bonchev–Trinajstić information content (AvgIpc) is 3.23. The predicted molar refractivity (Wildman–Crippen MR) is 102 cm³/mol. The van der Waals surface area contributed by atoms with Crippen LogP contribution in [-0.4, -0.2) is 48.1 Å². The van der Waals surface area contributed by atoms with Crippen molar-refractivity contribution >= 4 is 5.91 Å². The lowest BCUT2D eigenvalue weighted by molar-refractivity contribution is 0.0529. The summed E-state index contributed by atoms with van der Waals surface area (Å²) in [7, 11) is 0. The Balaban J connectivity index is 1.46. The van der Waals surface area contributed by atoms with E-state index in [-0.39, 0.29) is 23.5 Å². The lowest BCUT2D eigenvalue weighted by atomic mass is 10.2. The van der Waals surface area contributed by atoms with Crippen molar-refractivity contribution in [3.63, 3.8) is 0 Å². The molecule has 0 radical (unpaired) electrons. The van der Waals surface area contributed by atoms with Crippen LogP contribution in [0.1, 0.15) is 10.6 Å². The van der Waals surface area contributed by atoms with Crippen molar-refractivity contribution in [3.05, 3.63) is 72.5 Å². The zero-order valence-corrected chi connectivity index (χ0v) is 15.2. The number of carbonyl (C=O) groups excluding carboxylic acids is 1. The molecular weight excluding hydrogens is 361 g/mol.